The van der Waals surface area contributed by atoms with Crippen LogP contribution in [0.25, 0.3) is 88.0 Å². The Kier molecular flexibility index (Phi) is 5.50. The van der Waals surface area contributed by atoms with Crippen LogP contribution in [0.2, 0.25) is 0 Å². The van der Waals surface area contributed by atoms with Crippen LogP contribution >= 0.6 is 0 Å². The first-order valence-electron chi connectivity index (χ1n) is 14.9. The Morgan fingerprint density at radius 2 is 0.795 bits per heavy atom. The molecule has 0 unspecified atom stereocenters. The molecular weight excluding hydrogens is 534 g/mol. The lowest BCUT2D eigenvalue weighted by atomic mass is 9.92. The van der Waals surface area contributed by atoms with E-state index in [2.05, 4.69) is 133 Å². The minimum Gasteiger partial charge on any atom is -0.208 e. The molecule has 0 spiro atoms. The standard InChI is InChI=1S/C41H25N3/c1-2-12-28(13-3-1)39-42-40(31-21-22-33-30(24-31)19-18-26-10-4-7-15-32(26)33)44-41(43-39)37-25-29-14-6-9-17-35(29)38-34-16-8-5-11-27(34)20-23-36(37)38/h1-25H. The highest BCUT2D eigenvalue weighted by atomic mass is 15.0. The van der Waals surface area contributed by atoms with Crippen molar-refractivity contribution >= 4 is 53.9 Å². The van der Waals surface area contributed by atoms with Crippen molar-refractivity contribution in [1.82, 2.24) is 15.0 Å². The first kappa shape index (κ1) is 24.6. The molecule has 3 heteroatoms. The summed E-state index contributed by atoms with van der Waals surface area (Å²) in [5.74, 6) is 1.98. The number of hydrogen-bond donors (Lipinski definition) is 0. The van der Waals surface area contributed by atoms with Crippen molar-refractivity contribution in [3.63, 3.8) is 0 Å². The van der Waals surface area contributed by atoms with Crippen LogP contribution in [0.15, 0.2) is 152 Å². The zero-order valence-electron chi connectivity index (χ0n) is 23.8. The molecule has 0 bridgehead atoms. The fraction of sp³-hybridized carbons (Fsp3) is 0. The van der Waals surface area contributed by atoms with Crippen LogP contribution in [-0.4, -0.2) is 15.0 Å². The van der Waals surface area contributed by atoms with E-state index in [9.17, 15) is 0 Å². The van der Waals surface area contributed by atoms with Crippen LogP contribution < -0.4 is 0 Å². The fourth-order valence-corrected chi connectivity index (χ4v) is 6.55. The Hall–Kier alpha value is -5.93. The number of rotatable bonds is 3. The summed E-state index contributed by atoms with van der Waals surface area (Å²) in [5, 5.41) is 12.0. The van der Waals surface area contributed by atoms with E-state index in [1.165, 1.54) is 37.7 Å². The summed E-state index contributed by atoms with van der Waals surface area (Å²) in [6.45, 7) is 0. The highest BCUT2D eigenvalue weighted by Gasteiger charge is 2.17. The maximum atomic E-state index is 5.18. The van der Waals surface area contributed by atoms with Crippen LogP contribution in [0.1, 0.15) is 0 Å². The van der Waals surface area contributed by atoms with E-state index in [1.54, 1.807) is 0 Å². The van der Waals surface area contributed by atoms with E-state index in [0.717, 1.165) is 32.8 Å². The average molecular weight is 560 g/mol. The summed E-state index contributed by atoms with van der Waals surface area (Å²) < 4.78 is 0. The van der Waals surface area contributed by atoms with Gasteiger partial charge >= 0.3 is 0 Å². The molecule has 204 valence electrons. The molecule has 0 amide bonds. The first-order chi connectivity index (χ1) is 21.8. The van der Waals surface area contributed by atoms with Gasteiger partial charge in [-0.25, -0.2) is 15.0 Å². The molecule has 0 N–H and O–H groups in total. The third-order valence-corrected chi connectivity index (χ3v) is 8.66. The van der Waals surface area contributed by atoms with Gasteiger partial charge in [-0.15, -0.1) is 0 Å². The van der Waals surface area contributed by atoms with Gasteiger partial charge in [0.15, 0.2) is 17.5 Å². The Morgan fingerprint density at radius 1 is 0.295 bits per heavy atom. The molecule has 1 aromatic heterocycles. The largest absolute Gasteiger partial charge is 0.208 e. The topological polar surface area (TPSA) is 38.7 Å². The van der Waals surface area contributed by atoms with Gasteiger partial charge in [-0.3, -0.25) is 0 Å². The molecule has 0 atom stereocenters. The minimum atomic E-state index is 0.658. The molecule has 0 saturated carbocycles. The molecule has 1 heterocycles. The zero-order valence-corrected chi connectivity index (χ0v) is 23.8. The second-order valence-corrected chi connectivity index (χ2v) is 11.2. The summed E-state index contributed by atoms with van der Waals surface area (Å²) in [6.07, 6.45) is 0. The van der Waals surface area contributed by atoms with Crippen LogP contribution in [0.4, 0.5) is 0 Å². The van der Waals surface area contributed by atoms with Gasteiger partial charge in [0.05, 0.1) is 0 Å². The smallest absolute Gasteiger partial charge is 0.164 e. The normalized spacial score (nSPS) is 11.6. The predicted molar refractivity (Wildman–Crippen MR) is 184 cm³/mol. The van der Waals surface area contributed by atoms with Crippen molar-refractivity contribution in [2.24, 2.45) is 0 Å². The average Bonchev–Trinajstić information content (AvgIpc) is 3.11. The van der Waals surface area contributed by atoms with Crippen LogP contribution in [-0.2, 0) is 0 Å². The van der Waals surface area contributed by atoms with Gasteiger partial charge < -0.3 is 0 Å². The van der Waals surface area contributed by atoms with Gasteiger partial charge in [0.2, 0.25) is 0 Å². The monoisotopic (exact) mass is 559 g/mol. The van der Waals surface area contributed by atoms with Gasteiger partial charge in [-0.1, -0.05) is 140 Å². The SMILES string of the molecule is c1ccc(-c2nc(-c3ccc4c(ccc5ccccc54)c3)nc(-c3cc4ccccc4c4c3ccc3ccccc34)n2)cc1. The van der Waals surface area contributed by atoms with E-state index in [4.69, 9.17) is 15.0 Å². The predicted octanol–water partition coefficient (Wildman–Crippen LogP) is 10.6. The Labute approximate surface area is 254 Å². The number of fused-ring (bicyclic) bond motifs is 8. The fourth-order valence-electron chi connectivity index (χ4n) is 6.55. The molecule has 9 rings (SSSR count). The van der Waals surface area contributed by atoms with E-state index >= 15 is 0 Å². The van der Waals surface area contributed by atoms with Crippen molar-refractivity contribution in [2.75, 3.05) is 0 Å². The highest BCUT2D eigenvalue weighted by molar-refractivity contribution is 6.23. The molecule has 0 aliphatic heterocycles. The molecular formula is C41H25N3. The lowest BCUT2D eigenvalue weighted by Crippen LogP contribution is -2.01. The number of hydrogen-bond acceptors (Lipinski definition) is 3. The van der Waals surface area contributed by atoms with E-state index < -0.39 is 0 Å². The molecule has 44 heavy (non-hydrogen) atoms. The maximum Gasteiger partial charge on any atom is 0.164 e. The molecule has 9 aromatic rings. The summed E-state index contributed by atoms with van der Waals surface area (Å²) in [7, 11) is 0. The Bertz CT molecular complexity index is 2540. The number of aromatic nitrogens is 3. The van der Waals surface area contributed by atoms with Crippen molar-refractivity contribution in [2.45, 2.75) is 0 Å². The van der Waals surface area contributed by atoms with E-state index in [-0.39, 0.29) is 0 Å². The van der Waals surface area contributed by atoms with Gasteiger partial charge in [0.25, 0.3) is 0 Å². The zero-order chi connectivity index (χ0) is 29.0. The summed E-state index contributed by atoms with van der Waals surface area (Å²) in [5.41, 5.74) is 2.92. The van der Waals surface area contributed by atoms with Crippen molar-refractivity contribution in [3.8, 4) is 34.2 Å². The highest BCUT2D eigenvalue weighted by Crippen LogP contribution is 2.39. The number of benzene rings is 8. The van der Waals surface area contributed by atoms with Crippen LogP contribution in [0.3, 0.4) is 0 Å². The second-order valence-electron chi connectivity index (χ2n) is 11.2. The minimum absolute atomic E-state index is 0.658. The Morgan fingerprint density at radius 3 is 1.59 bits per heavy atom. The molecule has 0 fully saturated rings. The first-order valence-corrected chi connectivity index (χ1v) is 14.9. The van der Waals surface area contributed by atoms with Gasteiger partial charge in [0.1, 0.15) is 0 Å². The maximum absolute atomic E-state index is 5.18. The van der Waals surface area contributed by atoms with Crippen LogP contribution in [0.5, 0.6) is 0 Å². The third kappa shape index (κ3) is 3.94. The molecule has 0 aliphatic rings. The summed E-state index contributed by atoms with van der Waals surface area (Å²) in [4.78, 5) is 15.3. The van der Waals surface area contributed by atoms with Gasteiger partial charge in [0, 0.05) is 16.7 Å². The van der Waals surface area contributed by atoms with Gasteiger partial charge in [-0.2, -0.15) is 0 Å². The lowest BCUT2D eigenvalue weighted by molar-refractivity contribution is 1.08. The van der Waals surface area contributed by atoms with Crippen molar-refractivity contribution in [3.05, 3.63) is 152 Å². The molecule has 8 aromatic carbocycles. The van der Waals surface area contributed by atoms with Crippen LogP contribution in [0, 0.1) is 0 Å². The van der Waals surface area contributed by atoms with Crippen molar-refractivity contribution < 1.29 is 0 Å². The summed E-state index contributed by atoms with van der Waals surface area (Å²) >= 11 is 0. The summed E-state index contributed by atoms with van der Waals surface area (Å²) in [6, 6.07) is 53.4. The molecule has 0 saturated heterocycles. The van der Waals surface area contributed by atoms with E-state index in [1.807, 2.05) is 18.2 Å². The number of nitrogens with zero attached hydrogens (tertiary/aromatic N) is 3. The van der Waals surface area contributed by atoms with Gasteiger partial charge in [-0.05, 0) is 66.0 Å². The molecule has 3 nitrogen and oxygen atoms in total. The quantitative estimate of drug-likeness (QED) is 0.202. The lowest BCUT2D eigenvalue weighted by Gasteiger charge is -2.14. The molecule has 0 radical (unpaired) electrons. The second kappa shape index (κ2) is 9.82. The van der Waals surface area contributed by atoms with Crippen molar-refractivity contribution in [1.29, 1.82) is 0 Å². The molecule has 0 aliphatic carbocycles. The third-order valence-electron chi connectivity index (χ3n) is 8.66. The van der Waals surface area contributed by atoms with E-state index in [0.29, 0.717) is 17.5 Å². The Balaban J connectivity index is 1.33.